The third-order valence-corrected chi connectivity index (χ3v) is 3.97. The summed E-state index contributed by atoms with van der Waals surface area (Å²) in [5.41, 5.74) is 3.70. The number of benzene rings is 1. The zero-order chi connectivity index (χ0) is 17.5. The Morgan fingerprint density at radius 2 is 1.96 bits per heavy atom. The van der Waals surface area contributed by atoms with Crippen LogP contribution in [0.4, 0.5) is 13.2 Å². The summed E-state index contributed by atoms with van der Waals surface area (Å²) in [6.07, 6.45) is -5.43. The van der Waals surface area contributed by atoms with Crippen LogP contribution in [0.5, 0.6) is 0 Å². The Hall–Kier alpha value is -2.39. The molecular formula is C15H14F3N3O3. The van der Waals surface area contributed by atoms with Crippen molar-refractivity contribution in [3.8, 4) is 0 Å². The van der Waals surface area contributed by atoms with Gasteiger partial charge in [0.1, 0.15) is 17.2 Å². The van der Waals surface area contributed by atoms with Gasteiger partial charge in [0.2, 0.25) is 0 Å². The Labute approximate surface area is 134 Å². The molecule has 1 saturated heterocycles. The topological polar surface area (TPSA) is 83.4 Å². The minimum absolute atomic E-state index is 0.266. The highest BCUT2D eigenvalue weighted by Gasteiger charge is 2.49. The molecular weight excluding hydrogens is 327 g/mol. The van der Waals surface area contributed by atoms with Gasteiger partial charge in [-0.15, -0.1) is 0 Å². The van der Waals surface area contributed by atoms with Gasteiger partial charge in [0.25, 0.3) is 5.91 Å². The molecule has 0 bridgehead atoms. The first-order valence-electron chi connectivity index (χ1n) is 7.19. The summed E-state index contributed by atoms with van der Waals surface area (Å²) in [5.74, 6) is -1.76. The van der Waals surface area contributed by atoms with Crippen molar-refractivity contribution in [2.24, 2.45) is 5.92 Å². The van der Waals surface area contributed by atoms with Crippen molar-refractivity contribution in [3.63, 3.8) is 0 Å². The van der Waals surface area contributed by atoms with Gasteiger partial charge >= 0.3 is 11.8 Å². The minimum atomic E-state index is -4.45. The molecule has 9 heteroatoms. The minimum Gasteiger partial charge on any atom is -0.422 e. The Kier molecular flexibility index (Phi) is 4.06. The van der Waals surface area contributed by atoms with Crippen molar-refractivity contribution >= 4 is 16.9 Å². The average molecular weight is 341 g/mol. The number of carbonyl (C=O) groups excluding carboxylic acids is 1. The van der Waals surface area contributed by atoms with Crippen molar-refractivity contribution in [1.82, 2.24) is 16.2 Å². The largest absolute Gasteiger partial charge is 0.422 e. The fourth-order valence-electron chi connectivity index (χ4n) is 2.62. The molecule has 1 fully saturated rings. The number of hydrogen-bond acceptors (Lipinski definition) is 5. The summed E-state index contributed by atoms with van der Waals surface area (Å²) in [4.78, 5) is 24.2. The molecule has 2 heterocycles. The van der Waals surface area contributed by atoms with E-state index >= 15 is 0 Å². The molecule has 1 amide bonds. The number of halogens is 3. The van der Waals surface area contributed by atoms with Crippen molar-refractivity contribution < 1.29 is 22.4 Å². The number of fused-ring (bicyclic) bond motifs is 1. The van der Waals surface area contributed by atoms with Gasteiger partial charge in [0, 0.05) is 11.3 Å². The van der Waals surface area contributed by atoms with Crippen LogP contribution in [-0.4, -0.2) is 24.3 Å². The fourth-order valence-corrected chi connectivity index (χ4v) is 2.62. The number of rotatable bonds is 2. The molecule has 3 atom stereocenters. The lowest BCUT2D eigenvalue weighted by atomic mass is 10.0. The maximum atomic E-state index is 12.8. The summed E-state index contributed by atoms with van der Waals surface area (Å²) in [6, 6.07) is 6.19. The monoisotopic (exact) mass is 341 g/mol. The highest BCUT2D eigenvalue weighted by Crippen LogP contribution is 2.29. The normalized spacial score (nSPS) is 24.2. The zero-order valence-electron chi connectivity index (χ0n) is 12.5. The molecule has 0 saturated carbocycles. The van der Waals surface area contributed by atoms with Crippen LogP contribution in [0.15, 0.2) is 39.5 Å². The number of para-hydroxylation sites is 1. The number of hydrazine groups is 1. The third-order valence-electron chi connectivity index (χ3n) is 3.97. The molecule has 1 aliphatic heterocycles. The summed E-state index contributed by atoms with van der Waals surface area (Å²) in [7, 11) is 0. The molecule has 6 nitrogen and oxygen atoms in total. The average Bonchev–Trinajstić information content (AvgIpc) is 2.87. The fraction of sp³-hybridized carbons (Fsp3) is 0.333. The molecule has 24 heavy (non-hydrogen) atoms. The second-order valence-electron chi connectivity index (χ2n) is 5.60. The summed E-state index contributed by atoms with van der Waals surface area (Å²) >= 11 is 0. The molecule has 1 aromatic heterocycles. The second-order valence-corrected chi connectivity index (χ2v) is 5.60. The molecule has 1 aromatic carbocycles. The van der Waals surface area contributed by atoms with Gasteiger partial charge < -0.3 is 9.73 Å². The van der Waals surface area contributed by atoms with E-state index in [0.29, 0.717) is 11.0 Å². The summed E-state index contributed by atoms with van der Waals surface area (Å²) in [5, 5.41) is 2.92. The predicted molar refractivity (Wildman–Crippen MR) is 79.0 cm³/mol. The van der Waals surface area contributed by atoms with E-state index in [4.69, 9.17) is 4.42 Å². The first-order valence-corrected chi connectivity index (χ1v) is 7.19. The van der Waals surface area contributed by atoms with E-state index in [2.05, 4.69) is 16.2 Å². The SMILES string of the molecule is CC1C(NC(=O)c2cc3ccccc3oc2=O)NNC1C(F)(F)F. The van der Waals surface area contributed by atoms with Gasteiger partial charge in [0.05, 0.1) is 6.17 Å². The van der Waals surface area contributed by atoms with Crippen LogP contribution in [0.2, 0.25) is 0 Å². The number of alkyl halides is 3. The van der Waals surface area contributed by atoms with Crippen LogP contribution >= 0.6 is 0 Å². The highest BCUT2D eigenvalue weighted by molar-refractivity contribution is 5.96. The van der Waals surface area contributed by atoms with Crippen LogP contribution in [0, 0.1) is 5.92 Å². The van der Waals surface area contributed by atoms with Crippen LogP contribution in [0.25, 0.3) is 11.0 Å². The van der Waals surface area contributed by atoms with E-state index in [9.17, 15) is 22.8 Å². The quantitative estimate of drug-likeness (QED) is 0.722. The van der Waals surface area contributed by atoms with Gasteiger partial charge in [-0.1, -0.05) is 25.1 Å². The number of nitrogens with one attached hydrogen (secondary N) is 3. The first kappa shape index (κ1) is 16.5. The van der Waals surface area contributed by atoms with Crippen LogP contribution in [0.3, 0.4) is 0 Å². The van der Waals surface area contributed by atoms with Crippen LogP contribution in [-0.2, 0) is 0 Å². The summed E-state index contributed by atoms with van der Waals surface area (Å²) in [6.45, 7) is 1.35. The van der Waals surface area contributed by atoms with Crippen LogP contribution in [0.1, 0.15) is 17.3 Å². The first-order chi connectivity index (χ1) is 11.3. The maximum absolute atomic E-state index is 12.8. The lowest BCUT2D eigenvalue weighted by molar-refractivity contribution is -0.160. The third kappa shape index (κ3) is 3.00. The van der Waals surface area contributed by atoms with Gasteiger partial charge in [-0.25, -0.2) is 15.6 Å². The van der Waals surface area contributed by atoms with Gasteiger partial charge in [0.15, 0.2) is 0 Å². The van der Waals surface area contributed by atoms with Crippen molar-refractivity contribution in [2.75, 3.05) is 0 Å². The molecule has 1 aliphatic rings. The lowest BCUT2D eigenvalue weighted by Gasteiger charge is -2.21. The predicted octanol–water partition coefficient (Wildman–Crippen LogP) is 1.52. The Morgan fingerprint density at radius 1 is 1.25 bits per heavy atom. The Morgan fingerprint density at radius 3 is 2.62 bits per heavy atom. The number of hydrogen-bond donors (Lipinski definition) is 3. The number of carbonyl (C=O) groups is 1. The number of amides is 1. The van der Waals surface area contributed by atoms with E-state index < -0.39 is 35.8 Å². The van der Waals surface area contributed by atoms with E-state index in [1.54, 1.807) is 24.3 Å². The molecule has 3 unspecified atom stereocenters. The van der Waals surface area contributed by atoms with Crippen molar-refractivity contribution in [3.05, 3.63) is 46.3 Å². The lowest BCUT2D eigenvalue weighted by Crippen LogP contribution is -2.47. The van der Waals surface area contributed by atoms with E-state index in [1.807, 2.05) is 0 Å². The smallest absolute Gasteiger partial charge is 0.405 e. The van der Waals surface area contributed by atoms with Crippen LogP contribution < -0.4 is 21.8 Å². The van der Waals surface area contributed by atoms with Gasteiger partial charge in [-0.3, -0.25) is 4.79 Å². The summed E-state index contributed by atoms with van der Waals surface area (Å²) < 4.78 is 43.5. The van der Waals surface area contributed by atoms with E-state index in [-0.39, 0.29) is 5.56 Å². The Bertz CT molecular complexity index is 834. The van der Waals surface area contributed by atoms with E-state index in [0.717, 1.165) is 0 Å². The Balaban J connectivity index is 1.81. The molecule has 0 aliphatic carbocycles. The highest BCUT2D eigenvalue weighted by atomic mass is 19.4. The van der Waals surface area contributed by atoms with Crippen molar-refractivity contribution in [2.45, 2.75) is 25.3 Å². The molecule has 3 rings (SSSR count). The zero-order valence-corrected chi connectivity index (χ0v) is 12.5. The standard InChI is InChI=1S/C15H14F3N3O3/c1-7-11(15(16,17)18)20-21-12(7)19-13(22)9-6-8-4-2-3-5-10(8)24-14(9)23/h2-7,11-12,20-21H,1H3,(H,19,22). The molecule has 2 aromatic rings. The second kappa shape index (κ2) is 5.91. The van der Waals surface area contributed by atoms with Crippen molar-refractivity contribution in [1.29, 1.82) is 0 Å². The molecule has 3 N–H and O–H groups in total. The molecule has 128 valence electrons. The van der Waals surface area contributed by atoms with E-state index in [1.165, 1.54) is 13.0 Å². The van der Waals surface area contributed by atoms with Gasteiger partial charge in [-0.05, 0) is 12.1 Å². The molecule has 0 radical (unpaired) electrons. The maximum Gasteiger partial charge on any atom is 0.405 e. The van der Waals surface area contributed by atoms with Gasteiger partial charge in [-0.2, -0.15) is 13.2 Å². The molecule has 0 spiro atoms.